The zero-order chi connectivity index (χ0) is 12.0. The van der Waals surface area contributed by atoms with Crippen molar-refractivity contribution in [3.63, 3.8) is 0 Å². The van der Waals surface area contributed by atoms with E-state index in [0.717, 1.165) is 12.1 Å². The fraction of sp³-hybridized carbons (Fsp3) is 0.583. The van der Waals surface area contributed by atoms with Gasteiger partial charge in [-0.3, -0.25) is 4.79 Å². The first-order valence-corrected chi connectivity index (χ1v) is 5.67. The molecule has 0 saturated heterocycles. The second-order valence-electron chi connectivity index (χ2n) is 4.64. The Morgan fingerprint density at radius 2 is 2.31 bits per heavy atom. The molecule has 0 saturated carbocycles. The van der Waals surface area contributed by atoms with E-state index in [1.807, 2.05) is 18.3 Å². The zero-order valence-electron chi connectivity index (χ0n) is 10.0. The molecule has 0 aromatic carbocycles. The van der Waals surface area contributed by atoms with Crippen molar-refractivity contribution >= 4 is 5.91 Å². The van der Waals surface area contributed by atoms with Crippen molar-refractivity contribution in [2.75, 3.05) is 13.1 Å². The highest BCUT2D eigenvalue weighted by Gasteiger charge is 2.21. The summed E-state index contributed by atoms with van der Waals surface area (Å²) >= 11 is 0. The molecular weight excluding hydrogens is 202 g/mol. The molecule has 4 nitrogen and oxygen atoms in total. The topological polar surface area (TPSA) is 70.9 Å². The van der Waals surface area contributed by atoms with Gasteiger partial charge in [-0.25, -0.2) is 0 Å². The highest BCUT2D eigenvalue weighted by atomic mass is 16.1. The van der Waals surface area contributed by atoms with Crippen molar-refractivity contribution in [1.82, 2.24) is 10.3 Å². The van der Waals surface area contributed by atoms with Crippen LogP contribution in [0.5, 0.6) is 0 Å². The Labute approximate surface area is 96.6 Å². The maximum atomic E-state index is 11.4. The number of aromatic nitrogens is 1. The van der Waals surface area contributed by atoms with Gasteiger partial charge in [-0.05, 0) is 25.1 Å². The van der Waals surface area contributed by atoms with E-state index in [1.54, 1.807) is 0 Å². The van der Waals surface area contributed by atoms with Crippen LogP contribution in [0, 0.1) is 0 Å². The number of nitrogens with two attached hydrogens (primary N) is 1. The van der Waals surface area contributed by atoms with Gasteiger partial charge in [-0.15, -0.1) is 0 Å². The summed E-state index contributed by atoms with van der Waals surface area (Å²) in [5, 5.41) is 2.93. The third kappa shape index (κ3) is 3.70. The van der Waals surface area contributed by atoms with Crippen molar-refractivity contribution in [1.29, 1.82) is 0 Å². The lowest BCUT2D eigenvalue weighted by atomic mass is 9.89. The molecule has 0 fully saturated rings. The van der Waals surface area contributed by atoms with Crippen LogP contribution in [-0.4, -0.2) is 24.0 Å². The molecule has 0 aliphatic rings. The van der Waals surface area contributed by atoms with Gasteiger partial charge >= 0.3 is 0 Å². The predicted molar refractivity (Wildman–Crippen MR) is 65.1 cm³/mol. The number of carbonyl (C=O) groups excluding carboxylic acids is 1. The number of nitrogens with one attached hydrogen (secondary N) is 2. The molecular formula is C12H21N3O. The molecule has 1 aromatic heterocycles. The Bertz CT molecular complexity index is 317. The predicted octanol–water partition coefficient (Wildman–Crippen LogP) is 1.15. The number of hydrogen-bond donors (Lipinski definition) is 3. The fourth-order valence-electron chi connectivity index (χ4n) is 1.52. The molecule has 1 heterocycles. The van der Waals surface area contributed by atoms with Crippen molar-refractivity contribution in [3.05, 3.63) is 24.0 Å². The first-order chi connectivity index (χ1) is 7.56. The van der Waals surface area contributed by atoms with Crippen LogP contribution in [0.1, 0.15) is 32.4 Å². The lowest BCUT2D eigenvalue weighted by molar-refractivity contribution is -0.121. The molecule has 4 heteroatoms. The van der Waals surface area contributed by atoms with E-state index >= 15 is 0 Å². The van der Waals surface area contributed by atoms with Crippen molar-refractivity contribution in [2.24, 2.45) is 5.73 Å². The SMILES string of the molecule is CC(C)(CNC(=O)CCCN)c1ccc[nH]1. The lowest BCUT2D eigenvalue weighted by Gasteiger charge is -2.23. The number of H-pyrrole nitrogens is 1. The van der Waals surface area contributed by atoms with Crippen LogP contribution in [0.3, 0.4) is 0 Å². The minimum atomic E-state index is -0.0676. The van der Waals surface area contributed by atoms with Gasteiger partial charge < -0.3 is 16.0 Å². The first kappa shape index (κ1) is 12.8. The average Bonchev–Trinajstić information content (AvgIpc) is 2.77. The molecule has 0 radical (unpaired) electrons. The maximum Gasteiger partial charge on any atom is 0.220 e. The summed E-state index contributed by atoms with van der Waals surface area (Å²) in [7, 11) is 0. The Balaban J connectivity index is 2.39. The molecule has 0 aliphatic carbocycles. The number of aromatic amines is 1. The van der Waals surface area contributed by atoms with Crippen LogP contribution < -0.4 is 11.1 Å². The van der Waals surface area contributed by atoms with Gasteiger partial charge in [0.2, 0.25) is 5.91 Å². The Hall–Kier alpha value is -1.29. The van der Waals surface area contributed by atoms with Gasteiger partial charge in [0.1, 0.15) is 0 Å². The summed E-state index contributed by atoms with van der Waals surface area (Å²) in [5.41, 5.74) is 6.41. The van der Waals surface area contributed by atoms with Gasteiger partial charge in [0.25, 0.3) is 0 Å². The van der Waals surface area contributed by atoms with Crippen LogP contribution in [0.25, 0.3) is 0 Å². The van der Waals surface area contributed by atoms with Crippen LogP contribution in [0.4, 0.5) is 0 Å². The van der Waals surface area contributed by atoms with E-state index in [2.05, 4.69) is 24.1 Å². The molecule has 1 amide bonds. The summed E-state index contributed by atoms with van der Waals surface area (Å²) < 4.78 is 0. The molecule has 4 N–H and O–H groups in total. The van der Waals surface area contributed by atoms with Crippen LogP contribution in [0.2, 0.25) is 0 Å². The highest BCUT2D eigenvalue weighted by molar-refractivity contribution is 5.75. The Kier molecular flexibility index (Phi) is 4.55. The van der Waals surface area contributed by atoms with Gasteiger partial charge in [0, 0.05) is 30.3 Å². The quantitative estimate of drug-likeness (QED) is 0.677. The number of carbonyl (C=O) groups is 1. The molecule has 0 unspecified atom stereocenters. The Morgan fingerprint density at radius 3 is 2.88 bits per heavy atom. The first-order valence-electron chi connectivity index (χ1n) is 5.67. The summed E-state index contributed by atoms with van der Waals surface area (Å²) in [4.78, 5) is 14.6. The number of amides is 1. The van der Waals surface area contributed by atoms with E-state index in [9.17, 15) is 4.79 Å². The molecule has 90 valence electrons. The van der Waals surface area contributed by atoms with Crippen LogP contribution >= 0.6 is 0 Å². The van der Waals surface area contributed by atoms with Gasteiger partial charge in [-0.2, -0.15) is 0 Å². The normalized spacial score (nSPS) is 11.4. The second-order valence-corrected chi connectivity index (χ2v) is 4.64. The largest absolute Gasteiger partial charge is 0.364 e. The van der Waals surface area contributed by atoms with E-state index in [-0.39, 0.29) is 11.3 Å². The van der Waals surface area contributed by atoms with Gasteiger partial charge in [0.15, 0.2) is 0 Å². The van der Waals surface area contributed by atoms with Gasteiger partial charge in [0.05, 0.1) is 0 Å². The summed E-state index contributed by atoms with van der Waals surface area (Å²) in [5.74, 6) is 0.0741. The number of rotatable bonds is 6. The maximum absolute atomic E-state index is 11.4. The minimum Gasteiger partial charge on any atom is -0.364 e. The van der Waals surface area contributed by atoms with E-state index < -0.39 is 0 Å². The summed E-state index contributed by atoms with van der Waals surface area (Å²) in [6, 6.07) is 4.00. The molecule has 1 aromatic rings. The number of hydrogen-bond acceptors (Lipinski definition) is 2. The second kappa shape index (κ2) is 5.70. The molecule has 0 bridgehead atoms. The third-order valence-electron chi connectivity index (χ3n) is 2.66. The highest BCUT2D eigenvalue weighted by Crippen LogP contribution is 2.19. The van der Waals surface area contributed by atoms with E-state index in [1.165, 1.54) is 0 Å². The Morgan fingerprint density at radius 1 is 1.56 bits per heavy atom. The lowest BCUT2D eigenvalue weighted by Crippen LogP contribution is -2.37. The monoisotopic (exact) mass is 223 g/mol. The van der Waals surface area contributed by atoms with Crippen LogP contribution in [-0.2, 0) is 10.2 Å². The molecule has 16 heavy (non-hydrogen) atoms. The molecule has 0 atom stereocenters. The van der Waals surface area contributed by atoms with Crippen molar-refractivity contribution in [2.45, 2.75) is 32.1 Å². The summed E-state index contributed by atoms with van der Waals surface area (Å²) in [6.07, 6.45) is 3.15. The third-order valence-corrected chi connectivity index (χ3v) is 2.66. The van der Waals surface area contributed by atoms with Gasteiger partial charge in [-0.1, -0.05) is 13.8 Å². The summed E-state index contributed by atoms with van der Waals surface area (Å²) in [6.45, 7) is 5.40. The van der Waals surface area contributed by atoms with Crippen molar-refractivity contribution in [3.8, 4) is 0 Å². The molecule has 0 aliphatic heterocycles. The van der Waals surface area contributed by atoms with Crippen molar-refractivity contribution < 1.29 is 4.79 Å². The van der Waals surface area contributed by atoms with E-state index in [4.69, 9.17) is 5.73 Å². The average molecular weight is 223 g/mol. The van der Waals surface area contributed by atoms with E-state index in [0.29, 0.717) is 19.5 Å². The standard InChI is InChI=1S/C12H21N3O/c1-12(2,10-5-4-8-14-10)9-15-11(16)6-3-7-13/h4-5,8,14H,3,6-7,9,13H2,1-2H3,(H,15,16). The van der Waals surface area contributed by atoms with Crippen LogP contribution in [0.15, 0.2) is 18.3 Å². The minimum absolute atomic E-state index is 0.0676. The molecule has 0 spiro atoms. The fourth-order valence-corrected chi connectivity index (χ4v) is 1.52. The zero-order valence-corrected chi connectivity index (χ0v) is 10.0. The smallest absolute Gasteiger partial charge is 0.220 e. The molecule has 1 rings (SSSR count).